The molecular formula is C21H25ClN4OS. The van der Waals surface area contributed by atoms with Crippen LogP contribution in [0.25, 0.3) is 5.69 Å². The van der Waals surface area contributed by atoms with Gasteiger partial charge in [0.2, 0.25) is 0 Å². The van der Waals surface area contributed by atoms with Gasteiger partial charge in [-0.15, -0.1) is 10.2 Å². The fourth-order valence-electron chi connectivity index (χ4n) is 2.71. The summed E-state index contributed by atoms with van der Waals surface area (Å²) in [5.41, 5.74) is 2.14. The van der Waals surface area contributed by atoms with Crippen molar-refractivity contribution in [2.45, 2.75) is 25.0 Å². The summed E-state index contributed by atoms with van der Waals surface area (Å²) < 4.78 is 8.01. The van der Waals surface area contributed by atoms with Gasteiger partial charge in [0, 0.05) is 16.5 Å². The average molecular weight is 417 g/mol. The first kappa shape index (κ1) is 20.7. The molecule has 1 aromatic heterocycles. The number of hydrogen-bond acceptors (Lipinski definition) is 5. The number of rotatable bonds is 8. The number of para-hydroxylation sites is 1. The van der Waals surface area contributed by atoms with Crippen LogP contribution in [0.4, 0.5) is 0 Å². The third kappa shape index (κ3) is 4.87. The summed E-state index contributed by atoms with van der Waals surface area (Å²) >= 11 is 7.70. The average Bonchev–Trinajstić information content (AvgIpc) is 3.10. The van der Waals surface area contributed by atoms with E-state index >= 15 is 0 Å². The molecule has 3 rings (SSSR count). The maximum atomic E-state index is 6.07. The van der Waals surface area contributed by atoms with Crippen molar-refractivity contribution in [3.8, 4) is 11.4 Å². The Morgan fingerprint density at radius 2 is 1.82 bits per heavy atom. The van der Waals surface area contributed by atoms with Gasteiger partial charge in [0.15, 0.2) is 11.0 Å². The maximum absolute atomic E-state index is 6.07. The van der Waals surface area contributed by atoms with Crippen LogP contribution in [0.15, 0.2) is 53.7 Å². The molecule has 1 heterocycles. The van der Waals surface area contributed by atoms with Crippen molar-refractivity contribution in [1.29, 1.82) is 0 Å². The molecule has 0 radical (unpaired) electrons. The monoisotopic (exact) mass is 416 g/mol. The zero-order chi connectivity index (χ0) is 20.1. The minimum atomic E-state index is 0.126. The van der Waals surface area contributed by atoms with E-state index in [9.17, 15) is 0 Å². The second-order valence-electron chi connectivity index (χ2n) is 6.75. The normalized spacial score (nSPS) is 12.4. The van der Waals surface area contributed by atoms with Crippen molar-refractivity contribution in [2.24, 2.45) is 0 Å². The van der Waals surface area contributed by atoms with Gasteiger partial charge in [0.25, 0.3) is 0 Å². The topological polar surface area (TPSA) is 43.2 Å². The molecule has 0 amide bonds. The van der Waals surface area contributed by atoms with Gasteiger partial charge in [-0.1, -0.05) is 41.6 Å². The van der Waals surface area contributed by atoms with Crippen molar-refractivity contribution in [2.75, 3.05) is 26.5 Å². The second kappa shape index (κ2) is 9.45. The van der Waals surface area contributed by atoms with Crippen LogP contribution >= 0.6 is 23.4 Å². The fraction of sp³-hybridized carbons (Fsp3) is 0.333. The predicted molar refractivity (Wildman–Crippen MR) is 116 cm³/mol. The van der Waals surface area contributed by atoms with Gasteiger partial charge in [-0.2, -0.15) is 0 Å². The third-order valence-electron chi connectivity index (χ3n) is 4.56. The minimum Gasteiger partial charge on any atom is -0.492 e. The first-order valence-electron chi connectivity index (χ1n) is 9.16. The Hall–Kier alpha value is -2.02. The molecule has 0 fully saturated rings. The standard InChI is InChI=1S/C21H25ClN4OS/c1-15-7-5-6-8-19(15)27-13-14-28-21-24-23-20(16(2)25(3)4)26(21)18-11-9-17(22)10-12-18/h5-12,16H,13-14H2,1-4H3. The molecule has 0 saturated heterocycles. The van der Waals surface area contributed by atoms with E-state index in [2.05, 4.69) is 39.6 Å². The molecule has 0 N–H and O–H groups in total. The number of aryl methyl sites for hydroxylation is 1. The van der Waals surface area contributed by atoms with Crippen LogP contribution in [0.2, 0.25) is 5.02 Å². The van der Waals surface area contributed by atoms with Crippen LogP contribution in [-0.4, -0.2) is 46.1 Å². The summed E-state index contributed by atoms with van der Waals surface area (Å²) in [5.74, 6) is 2.59. The van der Waals surface area contributed by atoms with Crippen LogP contribution in [0.3, 0.4) is 0 Å². The molecule has 0 aliphatic heterocycles. The molecule has 1 atom stereocenters. The lowest BCUT2D eigenvalue weighted by atomic mass is 10.2. The summed E-state index contributed by atoms with van der Waals surface area (Å²) in [6.07, 6.45) is 0. The highest BCUT2D eigenvalue weighted by Crippen LogP contribution is 2.27. The Morgan fingerprint density at radius 1 is 1.11 bits per heavy atom. The molecule has 1 unspecified atom stereocenters. The first-order chi connectivity index (χ1) is 13.5. The lowest BCUT2D eigenvalue weighted by Crippen LogP contribution is -2.20. The molecule has 0 aliphatic carbocycles. The van der Waals surface area contributed by atoms with E-state index in [4.69, 9.17) is 16.3 Å². The SMILES string of the molecule is Cc1ccccc1OCCSc1nnc(C(C)N(C)C)n1-c1ccc(Cl)cc1. The molecule has 0 spiro atoms. The van der Waals surface area contributed by atoms with Gasteiger partial charge in [-0.3, -0.25) is 9.47 Å². The van der Waals surface area contributed by atoms with E-state index in [-0.39, 0.29) is 6.04 Å². The van der Waals surface area contributed by atoms with Gasteiger partial charge in [-0.05, 0) is 63.8 Å². The van der Waals surface area contributed by atoms with Crippen LogP contribution in [0.1, 0.15) is 24.4 Å². The summed E-state index contributed by atoms with van der Waals surface area (Å²) in [6, 6.07) is 15.9. The minimum absolute atomic E-state index is 0.126. The number of benzene rings is 2. The number of nitrogens with zero attached hydrogens (tertiary/aromatic N) is 4. The number of ether oxygens (including phenoxy) is 1. The maximum Gasteiger partial charge on any atom is 0.196 e. The highest BCUT2D eigenvalue weighted by Gasteiger charge is 2.20. The molecule has 148 valence electrons. The molecule has 28 heavy (non-hydrogen) atoms. The molecular weight excluding hydrogens is 392 g/mol. The van der Waals surface area contributed by atoms with Crippen molar-refractivity contribution in [1.82, 2.24) is 19.7 Å². The van der Waals surface area contributed by atoms with Crippen molar-refractivity contribution < 1.29 is 4.74 Å². The lowest BCUT2D eigenvalue weighted by Gasteiger charge is -2.20. The van der Waals surface area contributed by atoms with Gasteiger partial charge >= 0.3 is 0 Å². The Bertz CT molecular complexity index is 911. The van der Waals surface area contributed by atoms with E-state index in [1.807, 2.05) is 56.6 Å². The van der Waals surface area contributed by atoms with Crippen molar-refractivity contribution in [3.05, 3.63) is 64.9 Å². The van der Waals surface area contributed by atoms with E-state index < -0.39 is 0 Å². The Kier molecular flexibility index (Phi) is 6.99. The Morgan fingerprint density at radius 3 is 2.50 bits per heavy atom. The van der Waals surface area contributed by atoms with Crippen LogP contribution in [0.5, 0.6) is 5.75 Å². The van der Waals surface area contributed by atoms with Gasteiger partial charge < -0.3 is 4.74 Å². The first-order valence-corrected chi connectivity index (χ1v) is 10.5. The molecule has 2 aromatic carbocycles. The number of halogens is 1. The number of hydrogen-bond donors (Lipinski definition) is 0. The zero-order valence-corrected chi connectivity index (χ0v) is 18.2. The van der Waals surface area contributed by atoms with E-state index in [1.54, 1.807) is 11.8 Å². The smallest absolute Gasteiger partial charge is 0.196 e. The summed E-state index contributed by atoms with van der Waals surface area (Å²) in [6.45, 7) is 4.77. The van der Waals surface area contributed by atoms with Gasteiger partial charge in [-0.25, -0.2) is 0 Å². The molecule has 3 aromatic rings. The summed E-state index contributed by atoms with van der Waals surface area (Å²) in [7, 11) is 4.07. The zero-order valence-electron chi connectivity index (χ0n) is 16.6. The molecule has 0 bridgehead atoms. The molecule has 7 heteroatoms. The third-order valence-corrected chi connectivity index (χ3v) is 5.70. The van der Waals surface area contributed by atoms with Crippen LogP contribution in [-0.2, 0) is 0 Å². The lowest BCUT2D eigenvalue weighted by molar-refractivity contribution is 0.305. The Balaban J connectivity index is 1.76. The van der Waals surface area contributed by atoms with E-state index in [1.165, 1.54) is 0 Å². The largest absolute Gasteiger partial charge is 0.492 e. The highest BCUT2D eigenvalue weighted by molar-refractivity contribution is 7.99. The van der Waals surface area contributed by atoms with Crippen molar-refractivity contribution in [3.63, 3.8) is 0 Å². The van der Waals surface area contributed by atoms with Gasteiger partial charge in [0.05, 0.1) is 12.6 Å². The predicted octanol–water partition coefficient (Wildman–Crippen LogP) is 5.02. The van der Waals surface area contributed by atoms with Crippen LogP contribution < -0.4 is 4.74 Å². The molecule has 0 saturated carbocycles. The van der Waals surface area contributed by atoms with Gasteiger partial charge in [0.1, 0.15) is 5.75 Å². The van der Waals surface area contributed by atoms with E-state index in [0.29, 0.717) is 11.6 Å². The van der Waals surface area contributed by atoms with Crippen LogP contribution in [0, 0.1) is 6.92 Å². The number of thioether (sulfide) groups is 1. The van der Waals surface area contributed by atoms with E-state index in [0.717, 1.165) is 33.7 Å². The molecule has 5 nitrogen and oxygen atoms in total. The quantitative estimate of drug-likeness (QED) is 0.381. The Labute approximate surface area is 175 Å². The highest BCUT2D eigenvalue weighted by atomic mass is 35.5. The second-order valence-corrected chi connectivity index (χ2v) is 8.25. The fourth-order valence-corrected chi connectivity index (χ4v) is 3.61. The number of aromatic nitrogens is 3. The summed E-state index contributed by atoms with van der Waals surface area (Å²) in [5, 5.41) is 10.5. The molecule has 0 aliphatic rings. The van der Waals surface area contributed by atoms with Crippen molar-refractivity contribution >= 4 is 23.4 Å². The summed E-state index contributed by atoms with van der Waals surface area (Å²) in [4.78, 5) is 2.12.